The number of nitrogens with zero attached hydrogens (tertiary/aromatic N) is 1. The molecule has 1 saturated heterocycles. The molecule has 1 aliphatic heterocycles. The maximum absolute atomic E-state index is 12.0. The summed E-state index contributed by atoms with van der Waals surface area (Å²) in [6, 6.07) is 7.27. The van der Waals surface area contributed by atoms with E-state index >= 15 is 0 Å². The van der Waals surface area contributed by atoms with Crippen LogP contribution in [0.4, 0.5) is 10.5 Å². The number of ether oxygens (including phenoxy) is 1. The van der Waals surface area contributed by atoms with E-state index in [4.69, 9.17) is 9.57 Å². The van der Waals surface area contributed by atoms with Crippen molar-refractivity contribution in [2.75, 3.05) is 11.9 Å². The number of oxime groups is 1. The van der Waals surface area contributed by atoms with E-state index in [0.717, 1.165) is 6.42 Å². The Balaban J connectivity index is 2.09. The summed E-state index contributed by atoms with van der Waals surface area (Å²) < 4.78 is 5.31. The fraction of sp³-hybridized carbons (Fsp3) is 0.500. The van der Waals surface area contributed by atoms with Crippen LogP contribution in [0.3, 0.4) is 0 Å². The summed E-state index contributed by atoms with van der Waals surface area (Å²) in [5.74, 6) is -0.713. The van der Waals surface area contributed by atoms with Crippen LogP contribution in [0.2, 0.25) is 0 Å². The number of nitrogens with one attached hydrogen (secondary N) is 2. The van der Waals surface area contributed by atoms with Gasteiger partial charge in [0, 0.05) is 12.1 Å². The Bertz CT molecular complexity index is 683. The molecule has 0 aromatic heterocycles. The third-order valence-corrected chi connectivity index (χ3v) is 4.10. The number of hydrogen-bond acceptors (Lipinski definition) is 8. The number of para-hydroxylation sites is 1. The molecule has 28 heavy (non-hydrogen) atoms. The lowest BCUT2D eigenvalue weighted by Crippen LogP contribution is -2.62. The Morgan fingerprint density at radius 3 is 2.57 bits per heavy atom. The largest absolute Gasteiger partial charge is 0.468 e. The monoisotopic (exact) mass is 395 g/mol. The number of unbranched alkanes of at least 4 members (excludes halogenated alkanes) is 1. The average molecular weight is 395 g/mol. The van der Waals surface area contributed by atoms with Crippen LogP contribution < -0.4 is 10.6 Å². The zero-order valence-corrected chi connectivity index (χ0v) is 15.4. The van der Waals surface area contributed by atoms with Gasteiger partial charge in [-0.3, -0.25) is 14.9 Å². The van der Waals surface area contributed by atoms with Gasteiger partial charge in [-0.1, -0.05) is 31.5 Å². The van der Waals surface area contributed by atoms with E-state index in [2.05, 4.69) is 15.8 Å². The van der Waals surface area contributed by atoms with Crippen LogP contribution in [0.5, 0.6) is 0 Å². The van der Waals surface area contributed by atoms with E-state index in [0.29, 0.717) is 12.1 Å². The smallest absolute Gasteiger partial charge is 0.437 e. The minimum Gasteiger partial charge on any atom is -0.468 e. The maximum Gasteiger partial charge on any atom is 0.437 e. The minimum absolute atomic E-state index is 0.210. The molecule has 0 aliphatic carbocycles. The Morgan fingerprint density at radius 2 is 1.93 bits per heavy atom. The molecule has 10 heteroatoms. The number of anilines is 1. The molecule has 2 rings (SSSR count). The normalized spacial score (nSPS) is 25.6. The van der Waals surface area contributed by atoms with Gasteiger partial charge in [0.2, 0.25) is 5.91 Å². The molecule has 1 aromatic carbocycles. The van der Waals surface area contributed by atoms with E-state index in [1.165, 1.54) is 0 Å². The van der Waals surface area contributed by atoms with Gasteiger partial charge in [0.05, 0.1) is 6.61 Å². The molecule has 1 heterocycles. The lowest BCUT2D eigenvalue weighted by Gasteiger charge is -2.37. The molecule has 1 fully saturated rings. The third-order valence-electron chi connectivity index (χ3n) is 4.10. The van der Waals surface area contributed by atoms with Gasteiger partial charge in [0.15, 0.2) is 6.10 Å². The van der Waals surface area contributed by atoms with Gasteiger partial charge in [0.1, 0.15) is 18.2 Å². The van der Waals surface area contributed by atoms with Crippen molar-refractivity contribution in [1.29, 1.82) is 0 Å². The highest BCUT2D eigenvalue weighted by molar-refractivity contribution is 5.90. The van der Waals surface area contributed by atoms with Crippen molar-refractivity contribution in [2.45, 2.75) is 50.5 Å². The van der Waals surface area contributed by atoms with Crippen LogP contribution in [-0.4, -0.2) is 64.2 Å². The van der Waals surface area contributed by atoms with Gasteiger partial charge in [-0.05, 0) is 23.7 Å². The predicted molar refractivity (Wildman–Crippen MR) is 99.4 cm³/mol. The summed E-state index contributed by atoms with van der Waals surface area (Å²) in [6.07, 6.45) is -3.41. The number of aliphatic hydroxyl groups excluding tert-OH is 3. The van der Waals surface area contributed by atoms with Crippen molar-refractivity contribution in [1.82, 2.24) is 5.32 Å². The Morgan fingerprint density at radius 1 is 1.21 bits per heavy atom. The molecule has 0 bridgehead atoms. The Labute approximate surface area is 162 Å². The van der Waals surface area contributed by atoms with Crippen molar-refractivity contribution in [3.05, 3.63) is 30.3 Å². The fourth-order valence-electron chi connectivity index (χ4n) is 2.56. The average Bonchev–Trinajstić information content (AvgIpc) is 2.70. The fourth-order valence-corrected chi connectivity index (χ4v) is 2.56. The lowest BCUT2D eigenvalue weighted by molar-refractivity contribution is -0.128. The number of carbonyl (C=O) groups excluding carboxylic acids is 2. The highest BCUT2D eigenvalue weighted by atomic mass is 16.7. The maximum atomic E-state index is 12.0. The van der Waals surface area contributed by atoms with E-state index in [1.807, 2.05) is 6.92 Å². The van der Waals surface area contributed by atoms with Crippen LogP contribution >= 0.6 is 0 Å². The SMILES string of the molecule is CCCCC(=O)NC1/C(=N/OC(=O)Nc2ccccc2)OC(CO)[C@@H](O)[C@H]1O. The summed E-state index contributed by atoms with van der Waals surface area (Å²) in [4.78, 5) is 28.6. The lowest BCUT2D eigenvalue weighted by atomic mass is 9.97. The van der Waals surface area contributed by atoms with Crippen LogP contribution in [0.1, 0.15) is 26.2 Å². The zero-order valence-electron chi connectivity index (χ0n) is 15.4. The molecule has 2 unspecified atom stereocenters. The van der Waals surface area contributed by atoms with Gasteiger partial charge in [-0.15, -0.1) is 0 Å². The van der Waals surface area contributed by atoms with E-state index in [1.54, 1.807) is 30.3 Å². The Hall–Kier alpha value is -2.69. The summed E-state index contributed by atoms with van der Waals surface area (Å²) in [5, 5.41) is 38.1. The first-order valence-electron chi connectivity index (χ1n) is 9.00. The standard InChI is InChI=1S/C18H25N3O7/c1-2-3-9-13(23)20-14-16(25)15(24)12(10-22)27-17(14)21-28-18(26)19-11-7-5-4-6-8-11/h4-8,12,14-16,22,24-25H,2-3,9-10H2,1H3,(H,19,26)(H,20,23)/b21-17-/t12?,14?,15-,16+/m1/s1. The number of rotatable bonds is 7. The summed E-state index contributed by atoms with van der Waals surface area (Å²) in [6.45, 7) is 1.32. The second kappa shape index (κ2) is 10.6. The molecule has 154 valence electrons. The minimum atomic E-state index is -1.50. The molecular weight excluding hydrogens is 370 g/mol. The first-order valence-corrected chi connectivity index (χ1v) is 9.00. The molecule has 1 aliphatic rings. The molecule has 1 aromatic rings. The van der Waals surface area contributed by atoms with Gasteiger partial charge in [-0.25, -0.2) is 4.79 Å². The van der Waals surface area contributed by atoms with Crippen LogP contribution in [0, 0.1) is 0 Å². The highest BCUT2D eigenvalue weighted by Gasteiger charge is 2.44. The zero-order chi connectivity index (χ0) is 20.5. The molecule has 0 spiro atoms. The molecule has 4 atom stereocenters. The molecular formula is C18H25N3O7. The summed E-state index contributed by atoms with van der Waals surface area (Å²) in [5.41, 5.74) is 0.477. The number of hydrogen-bond donors (Lipinski definition) is 5. The van der Waals surface area contributed by atoms with E-state index in [-0.39, 0.29) is 18.2 Å². The van der Waals surface area contributed by atoms with Crippen LogP contribution in [0.15, 0.2) is 35.5 Å². The van der Waals surface area contributed by atoms with Crippen LogP contribution in [-0.2, 0) is 14.4 Å². The molecule has 10 nitrogen and oxygen atoms in total. The first kappa shape index (κ1) is 21.6. The number of amides is 2. The molecule has 2 amide bonds. The molecule has 0 radical (unpaired) electrons. The van der Waals surface area contributed by atoms with Gasteiger partial charge < -0.3 is 25.4 Å². The highest BCUT2D eigenvalue weighted by Crippen LogP contribution is 2.18. The first-order chi connectivity index (χ1) is 13.5. The van der Waals surface area contributed by atoms with Crippen molar-refractivity contribution < 1.29 is 34.5 Å². The number of benzene rings is 1. The van der Waals surface area contributed by atoms with Crippen molar-refractivity contribution in [3.8, 4) is 0 Å². The predicted octanol–water partition coefficient (Wildman–Crippen LogP) is 0.336. The van der Waals surface area contributed by atoms with Crippen molar-refractivity contribution in [3.63, 3.8) is 0 Å². The summed E-state index contributed by atoms with van der Waals surface area (Å²) >= 11 is 0. The summed E-state index contributed by atoms with van der Waals surface area (Å²) in [7, 11) is 0. The topological polar surface area (TPSA) is 150 Å². The Kier molecular flexibility index (Phi) is 8.18. The third kappa shape index (κ3) is 5.91. The quantitative estimate of drug-likeness (QED) is 0.330. The van der Waals surface area contributed by atoms with Gasteiger partial charge >= 0.3 is 6.09 Å². The van der Waals surface area contributed by atoms with E-state index in [9.17, 15) is 24.9 Å². The van der Waals surface area contributed by atoms with E-state index < -0.39 is 37.1 Å². The number of carbonyl (C=O) groups is 2. The van der Waals surface area contributed by atoms with Crippen molar-refractivity contribution in [2.24, 2.45) is 5.16 Å². The second-order valence-corrected chi connectivity index (χ2v) is 6.27. The van der Waals surface area contributed by atoms with Crippen molar-refractivity contribution >= 4 is 23.6 Å². The second-order valence-electron chi connectivity index (χ2n) is 6.27. The molecule has 0 saturated carbocycles. The van der Waals surface area contributed by atoms with Gasteiger partial charge in [-0.2, -0.15) is 0 Å². The van der Waals surface area contributed by atoms with Gasteiger partial charge in [0.25, 0.3) is 5.90 Å². The van der Waals surface area contributed by atoms with Crippen LogP contribution in [0.25, 0.3) is 0 Å². The molecule has 5 N–H and O–H groups in total. The number of aliphatic hydroxyl groups is 3.